The Hall–Kier alpha value is -2.18. The second-order valence-corrected chi connectivity index (χ2v) is 5.05. The summed E-state index contributed by atoms with van der Waals surface area (Å²) in [4.78, 5) is 22.4. The molecule has 0 radical (unpaired) electrons. The molecule has 110 valence electrons. The van der Waals surface area contributed by atoms with Crippen LogP contribution in [0.4, 0.5) is 19.3 Å². The molecule has 0 aliphatic heterocycles. The molecule has 1 rings (SSSR count). The number of carboxylic acid groups (broad SMARTS) is 1. The largest absolute Gasteiger partial charge is 0.481 e. The fourth-order valence-electron chi connectivity index (χ4n) is 1.31. The van der Waals surface area contributed by atoms with Crippen LogP contribution in [0.5, 0.6) is 0 Å². The molecule has 0 aliphatic carbocycles. The van der Waals surface area contributed by atoms with Gasteiger partial charge in [-0.3, -0.25) is 4.79 Å². The lowest BCUT2D eigenvalue weighted by Gasteiger charge is -2.19. The first-order chi connectivity index (χ1) is 9.15. The third kappa shape index (κ3) is 3.66. The van der Waals surface area contributed by atoms with Gasteiger partial charge >= 0.3 is 12.0 Å². The van der Waals surface area contributed by atoms with E-state index in [9.17, 15) is 18.4 Å². The van der Waals surface area contributed by atoms with Crippen molar-refractivity contribution in [2.75, 3.05) is 11.9 Å². The van der Waals surface area contributed by atoms with E-state index in [4.69, 9.17) is 5.11 Å². The van der Waals surface area contributed by atoms with Crippen LogP contribution >= 0.6 is 0 Å². The molecule has 0 heterocycles. The fourth-order valence-corrected chi connectivity index (χ4v) is 1.31. The molecule has 0 aliphatic rings. The van der Waals surface area contributed by atoms with E-state index in [0.29, 0.717) is 0 Å². The number of urea groups is 1. The van der Waals surface area contributed by atoms with Crippen LogP contribution in [-0.2, 0) is 4.79 Å². The predicted octanol–water partition coefficient (Wildman–Crippen LogP) is 2.51. The van der Waals surface area contributed by atoms with Crippen LogP contribution in [0, 0.1) is 24.0 Å². The van der Waals surface area contributed by atoms with Crippen LogP contribution in [0.1, 0.15) is 19.4 Å². The van der Waals surface area contributed by atoms with E-state index in [1.807, 2.05) is 5.32 Å². The van der Waals surface area contributed by atoms with Crippen LogP contribution in [0.15, 0.2) is 12.1 Å². The van der Waals surface area contributed by atoms with Gasteiger partial charge < -0.3 is 15.7 Å². The number of carboxylic acids is 1. The van der Waals surface area contributed by atoms with E-state index in [-0.39, 0.29) is 12.1 Å². The summed E-state index contributed by atoms with van der Waals surface area (Å²) < 4.78 is 27.1. The normalized spacial score (nSPS) is 11.1. The minimum atomic E-state index is -1.18. The van der Waals surface area contributed by atoms with Gasteiger partial charge in [0.15, 0.2) is 5.82 Å². The number of amides is 2. The molecule has 2 amide bonds. The number of nitrogens with one attached hydrogen (secondary N) is 2. The Bertz CT molecular complexity index is 545. The Balaban J connectivity index is 2.73. The number of benzene rings is 1. The molecule has 0 aromatic heterocycles. The summed E-state index contributed by atoms with van der Waals surface area (Å²) in [6.45, 7) is 4.10. The first-order valence-electron chi connectivity index (χ1n) is 5.88. The number of aliphatic carboxylic acids is 1. The van der Waals surface area contributed by atoms with Crippen LogP contribution in [0.2, 0.25) is 0 Å². The highest BCUT2D eigenvalue weighted by molar-refractivity contribution is 5.90. The first-order valence-corrected chi connectivity index (χ1v) is 5.88. The maximum atomic E-state index is 13.6. The minimum Gasteiger partial charge on any atom is -0.481 e. The molecular formula is C13H16F2N2O3. The van der Waals surface area contributed by atoms with Gasteiger partial charge in [0, 0.05) is 6.54 Å². The molecule has 7 heteroatoms. The average molecular weight is 286 g/mol. The third-order valence-electron chi connectivity index (χ3n) is 2.79. The number of carbonyl (C=O) groups is 2. The molecule has 0 unspecified atom stereocenters. The number of anilines is 1. The molecule has 0 spiro atoms. The highest BCUT2D eigenvalue weighted by Crippen LogP contribution is 2.21. The molecule has 0 fully saturated rings. The highest BCUT2D eigenvalue weighted by Gasteiger charge is 2.27. The number of carbonyl (C=O) groups excluding carboxylic acids is 1. The summed E-state index contributed by atoms with van der Waals surface area (Å²) in [5.41, 5.74) is -1.55. The van der Waals surface area contributed by atoms with Crippen LogP contribution < -0.4 is 10.6 Å². The number of hydrogen-bond acceptors (Lipinski definition) is 2. The zero-order chi connectivity index (χ0) is 15.5. The lowest BCUT2D eigenvalue weighted by atomic mass is 9.94. The van der Waals surface area contributed by atoms with E-state index in [2.05, 4.69) is 5.32 Å². The smallest absolute Gasteiger partial charge is 0.319 e. The zero-order valence-corrected chi connectivity index (χ0v) is 11.4. The standard InChI is InChI=1S/C13H16F2N2O3/c1-7-4-5-8(14)10(9(7)15)17-12(20)16-6-13(2,3)11(18)19/h4-5H,6H2,1-3H3,(H,18,19)(H2,16,17,20). The van der Waals surface area contributed by atoms with Gasteiger partial charge in [0.1, 0.15) is 11.5 Å². The quantitative estimate of drug-likeness (QED) is 0.795. The molecular weight excluding hydrogens is 270 g/mol. The van der Waals surface area contributed by atoms with Gasteiger partial charge in [-0.2, -0.15) is 0 Å². The summed E-state index contributed by atoms with van der Waals surface area (Å²) in [6.07, 6.45) is 0. The molecule has 20 heavy (non-hydrogen) atoms. The van der Waals surface area contributed by atoms with Crippen molar-refractivity contribution in [2.24, 2.45) is 5.41 Å². The molecule has 3 N–H and O–H groups in total. The van der Waals surface area contributed by atoms with Crippen LogP contribution in [-0.4, -0.2) is 23.7 Å². The van der Waals surface area contributed by atoms with Gasteiger partial charge in [-0.05, 0) is 32.4 Å². The number of hydrogen-bond donors (Lipinski definition) is 3. The molecule has 0 saturated carbocycles. The third-order valence-corrected chi connectivity index (χ3v) is 2.79. The maximum absolute atomic E-state index is 13.6. The Labute approximate surface area is 115 Å². The fraction of sp³-hybridized carbons (Fsp3) is 0.385. The number of rotatable bonds is 4. The van der Waals surface area contributed by atoms with Crippen molar-refractivity contribution in [1.82, 2.24) is 5.32 Å². The van der Waals surface area contributed by atoms with Gasteiger partial charge in [-0.25, -0.2) is 13.6 Å². The Morgan fingerprint density at radius 1 is 1.30 bits per heavy atom. The van der Waals surface area contributed by atoms with Gasteiger partial charge in [0.2, 0.25) is 0 Å². The van der Waals surface area contributed by atoms with E-state index >= 15 is 0 Å². The molecule has 1 aromatic rings. The second kappa shape index (κ2) is 5.85. The van der Waals surface area contributed by atoms with Crippen molar-refractivity contribution in [3.05, 3.63) is 29.3 Å². The summed E-state index contributed by atoms with van der Waals surface area (Å²) in [6, 6.07) is 1.42. The van der Waals surface area contributed by atoms with Gasteiger partial charge in [-0.1, -0.05) is 6.07 Å². The van der Waals surface area contributed by atoms with Gasteiger partial charge in [0.25, 0.3) is 0 Å². The summed E-state index contributed by atoms with van der Waals surface area (Å²) in [7, 11) is 0. The van der Waals surface area contributed by atoms with E-state index in [1.165, 1.54) is 26.8 Å². The van der Waals surface area contributed by atoms with Crippen molar-refractivity contribution in [1.29, 1.82) is 0 Å². The van der Waals surface area contributed by atoms with Crippen LogP contribution in [0.3, 0.4) is 0 Å². The summed E-state index contributed by atoms with van der Waals surface area (Å²) in [5, 5.41) is 13.2. The Kier molecular flexibility index (Phi) is 4.65. The van der Waals surface area contributed by atoms with E-state index in [1.54, 1.807) is 0 Å². The lowest BCUT2D eigenvalue weighted by Crippen LogP contribution is -2.40. The first kappa shape index (κ1) is 15.9. The average Bonchev–Trinajstić information content (AvgIpc) is 2.37. The van der Waals surface area contributed by atoms with Crippen molar-refractivity contribution in [3.63, 3.8) is 0 Å². The molecule has 0 saturated heterocycles. The predicted molar refractivity (Wildman–Crippen MR) is 69.5 cm³/mol. The van der Waals surface area contributed by atoms with Gasteiger partial charge in [0.05, 0.1) is 5.41 Å². The Morgan fingerprint density at radius 3 is 2.45 bits per heavy atom. The number of aryl methyl sites for hydroxylation is 1. The summed E-state index contributed by atoms with van der Waals surface area (Å²) in [5.74, 6) is -2.86. The molecule has 0 bridgehead atoms. The zero-order valence-electron chi connectivity index (χ0n) is 11.4. The molecule has 1 aromatic carbocycles. The lowest BCUT2D eigenvalue weighted by molar-refractivity contribution is -0.146. The second-order valence-electron chi connectivity index (χ2n) is 5.05. The van der Waals surface area contributed by atoms with Crippen LogP contribution in [0.25, 0.3) is 0 Å². The maximum Gasteiger partial charge on any atom is 0.319 e. The van der Waals surface area contributed by atoms with Crippen molar-refractivity contribution < 1.29 is 23.5 Å². The van der Waals surface area contributed by atoms with Crippen molar-refractivity contribution in [2.45, 2.75) is 20.8 Å². The number of halogens is 2. The SMILES string of the molecule is Cc1ccc(F)c(NC(=O)NCC(C)(C)C(=O)O)c1F. The minimum absolute atomic E-state index is 0.177. The Morgan fingerprint density at radius 2 is 1.90 bits per heavy atom. The van der Waals surface area contributed by atoms with E-state index < -0.39 is 34.7 Å². The monoisotopic (exact) mass is 286 g/mol. The van der Waals surface area contributed by atoms with Gasteiger partial charge in [-0.15, -0.1) is 0 Å². The topological polar surface area (TPSA) is 78.4 Å². The highest BCUT2D eigenvalue weighted by atomic mass is 19.1. The van der Waals surface area contributed by atoms with E-state index in [0.717, 1.165) is 6.07 Å². The van der Waals surface area contributed by atoms with Crippen molar-refractivity contribution >= 4 is 17.7 Å². The van der Waals surface area contributed by atoms with Crippen molar-refractivity contribution in [3.8, 4) is 0 Å². The molecule has 0 atom stereocenters. The summed E-state index contributed by atoms with van der Waals surface area (Å²) >= 11 is 0. The molecule has 5 nitrogen and oxygen atoms in total.